The topological polar surface area (TPSA) is 57.7 Å². The molecule has 1 fully saturated rings. The molecule has 152 valence electrons. The molecule has 0 aliphatic carbocycles. The third-order valence-electron chi connectivity index (χ3n) is 4.64. The molecule has 9 heteroatoms. The number of rotatable bonds is 7. The zero-order valence-corrected chi connectivity index (χ0v) is 15.9. The molecule has 0 radical (unpaired) electrons. The smallest absolute Gasteiger partial charge is 0.422 e. The van der Waals surface area contributed by atoms with Crippen LogP contribution in [0, 0.1) is 5.92 Å². The van der Waals surface area contributed by atoms with E-state index in [-0.39, 0.29) is 17.5 Å². The molecule has 0 unspecified atom stereocenters. The van der Waals surface area contributed by atoms with Gasteiger partial charge in [-0.25, -0.2) is 4.98 Å². The molecule has 2 rings (SSSR count). The molecular weight excluding hydrogens is 361 g/mol. The molecule has 2 heterocycles. The predicted molar refractivity (Wildman–Crippen MR) is 95.8 cm³/mol. The van der Waals surface area contributed by atoms with Crippen LogP contribution in [0.25, 0.3) is 0 Å². The van der Waals surface area contributed by atoms with Gasteiger partial charge in [-0.3, -0.25) is 9.69 Å². The van der Waals surface area contributed by atoms with Gasteiger partial charge in [0.05, 0.1) is 0 Å². The Hall–Kier alpha value is -1.87. The monoisotopic (exact) mass is 388 g/mol. The van der Waals surface area contributed by atoms with Gasteiger partial charge in [0.1, 0.15) is 5.56 Å². The number of pyridine rings is 1. The van der Waals surface area contributed by atoms with E-state index >= 15 is 0 Å². The fraction of sp³-hybridized carbons (Fsp3) is 0.667. The Morgan fingerprint density at radius 2 is 1.96 bits per heavy atom. The lowest BCUT2D eigenvalue weighted by Gasteiger charge is -2.39. The largest absolute Gasteiger partial charge is 0.467 e. The van der Waals surface area contributed by atoms with E-state index in [9.17, 15) is 18.0 Å². The summed E-state index contributed by atoms with van der Waals surface area (Å²) in [6.45, 7) is 6.89. The Morgan fingerprint density at radius 3 is 2.56 bits per heavy atom. The molecule has 0 aromatic carbocycles. The molecule has 27 heavy (non-hydrogen) atoms. The first-order valence-corrected chi connectivity index (χ1v) is 9.02. The standard InChI is InChI=1S/C18H27F3N4O2/c1-13(2)15(25-9-7-24(3)8-10-25)11-23-16(26)14-5-4-6-22-17(14)27-12-18(19,20)21/h4-6,13,15H,7-12H2,1-3H3,(H,23,26)/t15-/m1/s1. The van der Waals surface area contributed by atoms with Crippen LogP contribution in [0.15, 0.2) is 18.3 Å². The van der Waals surface area contributed by atoms with Crippen molar-refractivity contribution < 1.29 is 22.7 Å². The van der Waals surface area contributed by atoms with Crippen molar-refractivity contribution in [1.29, 1.82) is 0 Å². The van der Waals surface area contributed by atoms with E-state index in [1.807, 2.05) is 0 Å². The van der Waals surface area contributed by atoms with Gasteiger partial charge in [-0.2, -0.15) is 13.2 Å². The van der Waals surface area contributed by atoms with Crippen LogP contribution in [-0.4, -0.2) is 79.3 Å². The average Bonchev–Trinajstić information content (AvgIpc) is 2.61. The summed E-state index contributed by atoms with van der Waals surface area (Å²) < 4.78 is 41.9. The Balaban J connectivity index is 1.99. The third kappa shape index (κ3) is 6.66. The van der Waals surface area contributed by atoms with Gasteiger partial charge in [0.15, 0.2) is 6.61 Å². The summed E-state index contributed by atoms with van der Waals surface area (Å²) >= 11 is 0. The molecule has 0 spiro atoms. The van der Waals surface area contributed by atoms with Crippen molar-refractivity contribution in [3.8, 4) is 5.88 Å². The van der Waals surface area contributed by atoms with Crippen LogP contribution in [-0.2, 0) is 0 Å². The minimum atomic E-state index is -4.49. The first kappa shape index (κ1) is 21.4. The lowest BCUT2D eigenvalue weighted by Crippen LogP contribution is -2.54. The van der Waals surface area contributed by atoms with Gasteiger partial charge in [0.2, 0.25) is 5.88 Å². The third-order valence-corrected chi connectivity index (χ3v) is 4.64. The summed E-state index contributed by atoms with van der Waals surface area (Å²) in [6, 6.07) is 3.06. The van der Waals surface area contributed by atoms with Crippen molar-refractivity contribution in [2.24, 2.45) is 5.92 Å². The van der Waals surface area contributed by atoms with Crippen LogP contribution >= 0.6 is 0 Å². The molecule has 1 aromatic rings. The Bertz CT molecular complexity index is 617. The van der Waals surface area contributed by atoms with Crippen LogP contribution in [0.4, 0.5) is 13.2 Å². The Morgan fingerprint density at radius 1 is 1.30 bits per heavy atom. The van der Waals surface area contributed by atoms with Crippen molar-refractivity contribution >= 4 is 5.91 Å². The van der Waals surface area contributed by atoms with Crippen LogP contribution in [0.2, 0.25) is 0 Å². The van der Waals surface area contributed by atoms with Gasteiger partial charge in [0.25, 0.3) is 5.91 Å². The van der Waals surface area contributed by atoms with Crippen molar-refractivity contribution in [2.45, 2.75) is 26.1 Å². The molecule has 0 saturated carbocycles. The molecule has 1 aliphatic heterocycles. The normalized spacial score (nSPS) is 17.7. The van der Waals surface area contributed by atoms with Gasteiger partial charge >= 0.3 is 6.18 Å². The number of halogens is 3. The highest BCUT2D eigenvalue weighted by Crippen LogP contribution is 2.20. The second-order valence-corrected chi connectivity index (χ2v) is 7.12. The average molecular weight is 388 g/mol. The van der Waals surface area contributed by atoms with Gasteiger partial charge in [-0.1, -0.05) is 13.8 Å². The summed E-state index contributed by atoms with van der Waals surface area (Å²) in [5.74, 6) is -0.475. The van der Waals surface area contributed by atoms with Crippen molar-refractivity contribution in [3.05, 3.63) is 23.9 Å². The van der Waals surface area contributed by atoms with Crippen molar-refractivity contribution in [1.82, 2.24) is 20.1 Å². The molecule has 1 aliphatic rings. The van der Waals surface area contributed by atoms with Crippen molar-refractivity contribution in [3.63, 3.8) is 0 Å². The highest BCUT2D eigenvalue weighted by molar-refractivity contribution is 5.96. The van der Waals surface area contributed by atoms with Crippen LogP contribution < -0.4 is 10.1 Å². The summed E-state index contributed by atoms with van der Waals surface area (Å²) in [6.07, 6.45) is -3.20. The lowest BCUT2D eigenvalue weighted by atomic mass is 10.0. The molecule has 1 atom stereocenters. The molecule has 6 nitrogen and oxygen atoms in total. The summed E-state index contributed by atoms with van der Waals surface area (Å²) in [5.41, 5.74) is 0.00244. The van der Waals surface area contributed by atoms with Gasteiger partial charge in [-0.15, -0.1) is 0 Å². The fourth-order valence-electron chi connectivity index (χ4n) is 3.06. The minimum Gasteiger partial charge on any atom is -0.467 e. The molecular formula is C18H27F3N4O2. The number of carbonyl (C=O) groups excluding carboxylic acids is 1. The number of aromatic nitrogens is 1. The zero-order valence-electron chi connectivity index (χ0n) is 15.9. The highest BCUT2D eigenvalue weighted by atomic mass is 19.4. The Kier molecular flexibility index (Phi) is 7.43. The lowest BCUT2D eigenvalue weighted by molar-refractivity contribution is -0.154. The molecule has 0 bridgehead atoms. The van der Waals surface area contributed by atoms with Crippen molar-refractivity contribution in [2.75, 3.05) is 46.4 Å². The molecule has 1 amide bonds. The quantitative estimate of drug-likeness (QED) is 0.775. The summed E-state index contributed by atoms with van der Waals surface area (Å²) in [4.78, 5) is 20.9. The Labute approximate surface area is 157 Å². The van der Waals surface area contributed by atoms with E-state index in [0.717, 1.165) is 26.2 Å². The van der Waals surface area contributed by atoms with E-state index in [0.29, 0.717) is 12.5 Å². The number of piperazine rings is 1. The first-order valence-electron chi connectivity index (χ1n) is 9.02. The molecule has 1 saturated heterocycles. The zero-order chi connectivity index (χ0) is 20.0. The van der Waals surface area contributed by atoms with Gasteiger partial charge in [0, 0.05) is 45.0 Å². The second kappa shape index (κ2) is 9.36. The minimum absolute atomic E-state index is 0.00244. The number of carbonyl (C=O) groups is 1. The number of ether oxygens (including phenoxy) is 1. The summed E-state index contributed by atoms with van der Waals surface area (Å²) in [7, 11) is 2.08. The number of hydrogen-bond donors (Lipinski definition) is 1. The van der Waals surface area contributed by atoms with Gasteiger partial charge in [-0.05, 0) is 25.1 Å². The maximum Gasteiger partial charge on any atom is 0.422 e. The number of alkyl halides is 3. The summed E-state index contributed by atoms with van der Waals surface area (Å²) in [5, 5.41) is 2.83. The second-order valence-electron chi connectivity index (χ2n) is 7.12. The first-order chi connectivity index (χ1) is 12.7. The SMILES string of the molecule is CC(C)[C@@H](CNC(=O)c1cccnc1OCC(F)(F)F)N1CCN(C)CC1. The van der Waals surface area contributed by atoms with Crippen LogP contribution in [0.5, 0.6) is 5.88 Å². The van der Waals surface area contributed by atoms with Gasteiger partial charge < -0.3 is 15.0 Å². The molecule has 1 aromatic heterocycles. The van der Waals surface area contributed by atoms with E-state index < -0.39 is 18.7 Å². The maximum absolute atomic E-state index is 12.5. The number of amides is 1. The number of nitrogens with one attached hydrogen (secondary N) is 1. The van der Waals surface area contributed by atoms with E-state index in [1.165, 1.54) is 18.3 Å². The fourth-order valence-corrected chi connectivity index (χ4v) is 3.06. The molecule has 1 N–H and O–H groups in total. The van der Waals surface area contributed by atoms with Crippen LogP contribution in [0.3, 0.4) is 0 Å². The number of nitrogens with zero attached hydrogens (tertiary/aromatic N) is 3. The van der Waals surface area contributed by atoms with E-state index in [4.69, 9.17) is 4.74 Å². The number of likely N-dealkylation sites (N-methyl/N-ethyl adjacent to an activating group) is 1. The van der Waals surface area contributed by atoms with E-state index in [1.54, 1.807) is 0 Å². The predicted octanol–water partition coefficient (Wildman–Crippen LogP) is 2.02. The van der Waals surface area contributed by atoms with Crippen LogP contribution in [0.1, 0.15) is 24.2 Å². The highest BCUT2D eigenvalue weighted by Gasteiger charge is 2.30. The maximum atomic E-state index is 12.5. The number of hydrogen-bond acceptors (Lipinski definition) is 5. The van der Waals surface area contributed by atoms with E-state index in [2.05, 4.69) is 41.0 Å².